The van der Waals surface area contributed by atoms with Gasteiger partial charge in [0.2, 0.25) is 0 Å². The van der Waals surface area contributed by atoms with Gasteiger partial charge in [-0.2, -0.15) is 0 Å². The van der Waals surface area contributed by atoms with E-state index < -0.39 is 0 Å². The fourth-order valence-electron chi connectivity index (χ4n) is 2.95. The number of carbonyl (C=O) groups is 1. The minimum atomic E-state index is 0. The highest BCUT2D eigenvalue weighted by molar-refractivity contribution is 5.85. The van der Waals surface area contributed by atoms with Crippen LogP contribution in [0.4, 0.5) is 0 Å². The van der Waals surface area contributed by atoms with Gasteiger partial charge in [0.1, 0.15) is 5.78 Å². The molecule has 2 atom stereocenters. The summed E-state index contributed by atoms with van der Waals surface area (Å²) in [6, 6.07) is 10.6. The van der Waals surface area contributed by atoms with Crippen LogP contribution in [0.5, 0.6) is 0 Å². The monoisotopic (exact) mass is 281 g/mol. The Labute approximate surface area is 122 Å². The van der Waals surface area contributed by atoms with Crippen molar-refractivity contribution in [1.82, 2.24) is 4.90 Å². The zero-order chi connectivity index (χ0) is 13.0. The van der Waals surface area contributed by atoms with Gasteiger partial charge in [-0.25, -0.2) is 0 Å². The SMILES string of the molecule is CN(C)CC1CC(Cc2ccccc2)CCC1=O.Cl. The van der Waals surface area contributed by atoms with E-state index >= 15 is 0 Å². The number of nitrogens with zero attached hydrogens (tertiary/aromatic N) is 1. The lowest BCUT2D eigenvalue weighted by molar-refractivity contribution is -0.126. The van der Waals surface area contributed by atoms with Crippen molar-refractivity contribution in [2.45, 2.75) is 25.7 Å². The number of hydrogen-bond donors (Lipinski definition) is 0. The predicted octanol–water partition coefficient (Wildman–Crippen LogP) is 3.20. The Kier molecular flexibility index (Phi) is 6.53. The van der Waals surface area contributed by atoms with E-state index in [1.54, 1.807) is 0 Å². The van der Waals surface area contributed by atoms with E-state index in [1.165, 1.54) is 5.56 Å². The van der Waals surface area contributed by atoms with Crippen molar-refractivity contribution in [3.8, 4) is 0 Å². The van der Waals surface area contributed by atoms with Gasteiger partial charge in [-0.15, -0.1) is 12.4 Å². The molecule has 0 bridgehead atoms. The molecule has 0 spiro atoms. The minimum Gasteiger partial charge on any atom is -0.309 e. The van der Waals surface area contributed by atoms with E-state index in [9.17, 15) is 4.79 Å². The molecule has 2 rings (SSSR count). The first-order valence-corrected chi connectivity index (χ1v) is 6.86. The first-order chi connectivity index (χ1) is 8.65. The Balaban J connectivity index is 0.00000180. The van der Waals surface area contributed by atoms with Gasteiger partial charge in [-0.05, 0) is 44.8 Å². The fraction of sp³-hybridized carbons (Fsp3) is 0.562. The van der Waals surface area contributed by atoms with Crippen molar-refractivity contribution < 1.29 is 4.79 Å². The third-order valence-corrected chi connectivity index (χ3v) is 3.82. The second-order valence-electron chi connectivity index (χ2n) is 5.76. The highest BCUT2D eigenvalue weighted by Crippen LogP contribution is 2.29. The Hall–Kier alpha value is -0.860. The van der Waals surface area contributed by atoms with Crippen LogP contribution in [0.2, 0.25) is 0 Å². The van der Waals surface area contributed by atoms with Gasteiger partial charge in [-0.1, -0.05) is 30.3 Å². The molecule has 3 heteroatoms. The van der Waals surface area contributed by atoms with Crippen LogP contribution in [-0.2, 0) is 11.2 Å². The average Bonchev–Trinajstić information content (AvgIpc) is 2.34. The van der Waals surface area contributed by atoms with E-state index in [0.717, 1.165) is 32.2 Å². The zero-order valence-corrected chi connectivity index (χ0v) is 12.7. The highest BCUT2D eigenvalue weighted by Gasteiger charge is 2.28. The van der Waals surface area contributed by atoms with Crippen molar-refractivity contribution in [3.05, 3.63) is 35.9 Å². The molecule has 0 aromatic heterocycles. The summed E-state index contributed by atoms with van der Waals surface area (Å²) in [7, 11) is 4.10. The van der Waals surface area contributed by atoms with Crippen molar-refractivity contribution in [2.75, 3.05) is 20.6 Å². The maximum absolute atomic E-state index is 11.9. The summed E-state index contributed by atoms with van der Waals surface area (Å²) in [6.07, 6.45) is 4.03. The number of Topliss-reactive ketones (excluding diaryl/α,β-unsaturated/α-hetero) is 1. The molecule has 2 unspecified atom stereocenters. The summed E-state index contributed by atoms with van der Waals surface area (Å²) < 4.78 is 0. The normalized spacial score (nSPS) is 23.2. The van der Waals surface area contributed by atoms with Crippen LogP contribution in [0.3, 0.4) is 0 Å². The molecule has 1 aliphatic carbocycles. The molecular formula is C16H24ClNO. The van der Waals surface area contributed by atoms with Gasteiger partial charge in [0.15, 0.2) is 0 Å². The van der Waals surface area contributed by atoms with Gasteiger partial charge in [0.25, 0.3) is 0 Å². The molecule has 1 aromatic rings. The number of rotatable bonds is 4. The largest absolute Gasteiger partial charge is 0.309 e. The highest BCUT2D eigenvalue weighted by atomic mass is 35.5. The zero-order valence-electron chi connectivity index (χ0n) is 11.8. The maximum Gasteiger partial charge on any atom is 0.137 e. The standard InChI is InChI=1S/C16H23NO.ClH/c1-17(2)12-15-11-14(8-9-16(15)18)10-13-6-4-3-5-7-13;/h3-7,14-15H,8-12H2,1-2H3;1H. The van der Waals surface area contributed by atoms with Crippen molar-refractivity contribution in [1.29, 1.82) is 0 Å². The lowest BCUT2D eigenvalue weighted by atomic mass is 9.77. The lowest BCUT2D eigenvalue weighted by Crippen LogP contribution is -2.33. The second kappa shape index (κ2) is 7.66. The number of halogens is 1. The molecule has 1 aromatic carbocycles. The number of carbonyl (C=O) groups excluding carboxylic acids is 1. The van der Waals surface area contributed by atoms with E-state index in [1.807, 2.05) is 14.1 Å². The molecule has 0 aliphatic heterocycles. The fourth-order valence-corrected chi connectivity index (χ4v) is 2.95. The Morgan fingerprint density at radius 3 is 2.53 bits per heavy atom. The van der Waals surface area contributed by atoms with Gasteiger partial charge >= 0.3 is 0 Å². The summed E-state index contributed by atoms with van der Waals surface area (Å²) in [4.78, 5) is 14.0. The third kappa shape index (κ3) is 4.96. The molecule has 0 saturated heterocycles. The topological polar surface area (TPSA) is 20.3 Å². The van der Waals surface area contributed by atoms with Crippen molar-refractivity contribution >= 4 is 18.2 Å². The first-order valence-electron chi connectivity index (χ1n) is 6.86. The first kappa shape index (κ1) is 16.2. The number of benzene rings is 1. The number of hydrogen-bond acceptors (Lipinski definition) is 2. The summed E-state index contributed by atoms with van der Waals surface area (Å²) in [5.41, 5.74) is 1.40. The predicted molar refractivity (Wildman–Crippen MR) is 81.8 cm³/mol. The van der Waals surface area contributed by atoms with Crippen LogP contribution in [0.1, 0.15) is 24.8 Å². The molecule has 19 heavy (non-hydrogen) atoms. The van der Waals surface area contributed by atoms with Gasteiger partial charge < -0.3 is 4.90 Å². The van der Waals surface area contributed by atoms with Gasteiger partial charge in [-0.3, -0.25) is 4.79 Å². The smallest absolute Gasteiger partial charge is 0.137 e. The number of ketones is 1. The van der Waals surface area contributed by atoms with E-state index in [-0.39, 0.29) is 18.3 Å². The van der Waals surface area contributed by atoms with Crippen LogP contribution < -0.4 is 0 Å². The summed E-state index contributed by atoms with van der Waals surface area (Å²) in [6.45, 7) is 0.907. The van der Waals surface area contributed by atoms with Crippen LogP contribution in [0.15, 0.2) is 30.3 Å². The van der Waals surface area contributed by atoms with Gasteiger partial charge in [0, 0.05) is 18.9 Å². The Morgan fingerprint density at radius 2 is 1.89 bits per heavy atom. The van der Waals surface area contributed by atoms with Gasteiger partial charge in [0.05, 0.1) is 0 Å². The quantitative estimate of drug-likeness (QED) is 0.845. The van der Waals surface area contributed by atoms with Crippen LogP contribution >= 0.6 is 12.4 Å². The second-order valence-corrected chi connectivity index (χ2v) is 5.76. The summed E-state index contributed by atoms with van der Waals surface area (Å²) in [5.74, 6) is 1.39. The molecule has 106 valence electrons. The molecule has 0 radical (unpaired) electrons. The molecule has 0 amide bonds. The van der Waals surface area contributed by atoms with Crippen molar-refractivity contribution in [3.63, 3.8) is 0 Å². The Bertz CT molecular complexity index is 391. The summed E-state index contributed by atoms with van der Waals surface area (Å²) in [5, 5.41) is 0. The van der Waals surface area contributed by atoms with Crippen LogP contribution in [0.25, 0.3) is 0 Å². The van der Waals surface area contributed by atoms with E-state index in [2.05, 4.69) is 35.2 Å². The minimum absolute atomic E-state index is 0. The Morgan fingerprint density at radius 1 is 1.21 bits per heavy atom. The molecule has 0 N–H and O–H groups in total. The molecule has 1 aliphatic rings. The third-order valence-electron chi connectivity index (χ3n) is 3.82. The molecule has 2 nitrogen and oxygen atoms in total. The van der Waals surface area contributed by atoms with Crippen molar-refractivity contribution in [2.24, 2.45) is 11.8 Å². The van der Waals surface area contributed by atoms with E-state index in [4.69, 9.17) is 0 Å². The lowest BCUT2D eigenvalue weighted by Gasteiger charge is -2.30. The van der Waals surface area contributed by atoms with Crippen LogP contribution in [-0.4, -0.2) is 31.3 Å². The summed E-state index contributed by atoms with van der Waals surface area (Å²) >= 11 is 0. The molecular weight excluding hydrogens is 258 g/mol. The average molecular weight is 282 g/mol. The molecule has 1 fully saturated rings. The van der Waals surface area contributed by atoms with Crippen LogP contribution in [0, 0.1) is 11.8 Å². The van der Waals surface area contributed by atoms with E-state index in [0.29, 0.717) is 11.7 Å². The molecule has 0 heterocycles. The molecule has 1 saturated carbocycles. The maximum atomic E-state index is 11.9.